The normalized spacial score (nSPS) is 17.4. The van der Waals surface area contributed by atoms with Gasteiger partial charge in [0.2, 0.25) is 0 Å². The highest BCUT2D eigenvalue weighted by molar-refractivity contribution is 5.80. The first kappa shape index (κ1) is 21.8. The molecule has 0 saturated carbocycles. The number of rotatable bonds is 8. The third-order valence-electron chi connectivity index (χ3n) is 5.80. The molecule has 32 heavy (non-hydrogen) atoms. The number of amides is 1. The van der Waals surface area contributed by atoms with Crippen LogP contribution in [0.5, 0.6) is 5.75 Å². The van der Waals surface area contributed by atoms with Gasteiger partial charge >= 0.3 is 0 Å². The molecule has 1 N–H and O–H groups in total. The number of carbonyl (C=O) groups excluding carboxylic acids is 1. The molecular weight excluding hydrogens is 414 g/mol. The first-order chi connectivity index (χ1) is 15.4. The Kier molecular flexibility index (Phi) is 6.38. The van der Waals surface area contributed by atoms with Crippen LogP contribution in [-0.2, 0) is 4.79 Å². The molecule has 2 aromatic carbocycles. The maximum atomic E-state index is 13.0. The highest BCUT2D eigenvalue weighted by atomic mass is 16.6. The Morgan fingerprint density at radius 3 is 2.94 bits per heavy atom. The van der Waals surface area contributed by atoms with Gasteiger partial charge < -0.3 is 19.2 Å². The number of aliphatic hydroxyl groups excluding tert-OH is 1. The lowest BCUT2D eigenvalue weighted by molar-refractivity contribution is -0.385. The summed E-state index contributed by atoms with van der Waals surface area (Å²) in [5.41, 5.74) is 1.30. The minimum Gasteiger partial charge on any atom is -0.484 e. The molecule has 2 heterocycles. The van der Waals surface area contributed by atoms with E-state index in [0.717, 1.165) is 5.39 Å². The van der Waals surface area contributed by atoms with Crippen molar-refractivity contribution in [3.05, 3.63) is 70.5 Å². The Hall–Kier alpha value is -3.43. The molecule has 0 aliphatic carbocycles. The van der Waals surface area contributed by atoms with Gasteiger partial charge in [-0.25, -0.2) is 0 Å². The number of furan rings is 1. The zero-order valence-electron chi connectivity index (χ0n) is 17.7. The number of non-ortho nitro benzene ring substituents is 1. The van der Waals surface area contributed by atoms with Crippen LogP contribution >= 0.6 is 0 Å². The van der Waals surface area contributed by atoms with E-state index in [9.17, 15) is 20.0 Å². The number of hydrogen-bond donors (Lipinski definition) is 1. The van der Waals surface area contributed by atoms with Crippen molar-refractivity contribution in [2.45, 2.75) is 18.6 Å². The first-order valence-electron chi connectivity index (χ1n) is 10.4. The quantitative estimate of drug-likeness (QED) is 0.424. The predicted octanol–water partition coefficient (Wildman–Crippen LogP) is 2.99. The molecular formula is C23H25N3O6. The molecule has 168 valence electrons. The summed E-state index contributed by atoms with van der Waals surface area (Å²) >= 11 is 0. The minimum atomic E-state index is -0.449. The molecule has 4 rings (SSSR count). The summed E-state index contributed by atoms with van der Waals surface area (Å²) in [6, 6.07) is 13.1. The molecule has 1 fully saturated rings. The summed E-state index contributed by atoms with van der Waals surface area (Å²) in [6.07, 6.45) is 1.85. The first-order valence-corrected chi connectivity index (χ1v) is 10.4. The van der Waals surface area contributed by atoms with Gasteiger partial charge in [0.15, 0.2) is 6.61 Å². The van der Waals surface area contributed by atoms with Gasteiger partial charge in [0.1, 0.15) is 11.3 Å². The number of ether oxygens (including phenoxy) is 1. The van der Waals surface area contributed by atoms with Crippen LogP contribution in [0.2, 0.25) is 0 Å². The summed E-state index contributed by atoms with van der Waals surface area (Å²) < 4.78 is 11.1. The fourth-order valence-corrected chi connectivity index (χ4v) is 3.97. The van der Waals surface area contributed by atoms with Crippen molar-refractivity contribution >= 4 is 22.6 Å². The number of aliphatic hydroxyl groups is 1. The largest absolute Gasteiger partial charge is 0.484 e. The average molecular weight is 439 g/mol. The number of nitro groups is 1. The maximum Gasteiger partial charge on any atom is 0.269 e. The van der Waals surface area contributed by atoms with Crippen molar-refractivity contribution < 1.29 is 24.0 Å². The summed E-state index contributed by atoms with van der Waals surface area (Å²) in [7, 11) is 1.66. The Morgan fingerprint density at radius 1 is 1.34 bits per heavy atom. The molecule has 3 aromatic rings. The van der Waals surface area contributed by atoms with Gasteiger partial charge in [-0.15, -0.1) is 0 Å². The molecule has 9 nitrogen and oxygen atoms in total. The van der Waals surface area contributed by atoms with Crippen molar-refractivity contribution in [1.29, 1.82) is 0 Å². The standard InChI is InChI=1S/C23H25N3O6/c1-24(23(28)15-32-20-6-5-16-8-10-31-22(16)12-20)21(14-25-9-7-19(27)13-25)17-3-2-4-18(11-17)26(29)30/h2-6,8,10-12,19,21,27H,7,9,13-15H2,1H3/t19-,21+/m0/s1. The number of likely N-dealkylation sites (tertiary alicyclic amines) is 1. The minimum absolute atomic E-state index is 0.0298. The Balaban J connectivity index is 1.50. The Morgan fingerprint density at radius 2 is 2.19 bits per heavy atom. The lowest BCUT2D eigenvalue weighted by Crippen LogP contribution is -2.41. The van der Waals surface area contributed by atoms with E-state index in [1.54, 1.807) is 42.5 Å². The van der Waals surface area contributed by atoms with Crippen LogP contribution in [0.3, 0.4) is 0 Å². The highest BCUT2D eigenvalue weighted by Gasteiger charge is 2.29. The van der Waals surface area contributed by atoms with Crippen molar-refractivity contribution in [2.75, 3.05) is 33.3 Å². The zero-order valence-corrected chi connectivity index (χ0v) is 17.7. The van der Waals surface area contributed by atoms with E-state index in [0.29, 0.717) is 43.0 Å². The van der Waals surface area contributed by atoms with Gasteiger partial charge in [-0.3, -0.25) is 19.8 Å². The summed E-state index contributed by atoms with van der Waals surface area (Å²) in [5.74, 6) is 0.254. The second kappa shape index (κ2) is 9.37. The smallest absolute Gasteiger partial charge is 0.269 e. The van der Waals surface area contributed by atoms with Crippen LogP contribution in [0.25, 0.3) is 11.0 Å². The van der Waals surface area contributed by atoms with Gasteiger partial charge in [-0.05, 0) is 30.2 Å². The molecule has 1 aliphatic rings. The SMILES string of the molecule is CN(C(=O)COc1ccc2ccoc2c1)[C@H](CN1CC[C@H](O)C1)c1cccc([N+](=O)[O-])c1. The lowest BCUT2D eigenvalue weighted by atomic mass is 10.0. The van der Waals surface area contributed by atoms with Crippen LogP contribution in [-0.4, -0.2) is 65.1 Å². The lowest BCUT2D eigenvalue weighted by Gasteiger charge is -2.32. The van der Waals surface area contributed by atoms with Crippen molar-refractivity contribution in [2.24, 2.45) is 0 Å². The number of benzene rings is 2. The van der Waals surface area contributed by atoms with Crippen LogP contribution < -0.4 is 4.74 Å². The molecule has 1 amide bonds. The highest BCUT2D eigenvalue weighted by Crippen LogP contribution is 2.27. The van der Waals surface area contributed by atoms with E-state index in [1.165, 1.54) is 12.1 Å². The number of β-amino-alcohol motifs (C(OH)–C–C–N with tert-alkyl or cyclic N) is 1. The van der Waals surface area contributed by atoms with E-state index in [4.69, 9.17) is 9.15 Å². The van der Waals surface area contributed by atoms with Gasteiger partial charge in [0.05, 0.1) is 23.3 Å². The maximum absolute atomic E-state index is 13.0. The molecule has 1 aromatic heterocycles. The number of likely N-dealkylation sites (N-methyl/N-ethyl adjacent to an activating group) is 1. The molecule has 0 radical (unpaired) electrons. The fourth-order valence-electron chi connectivity index (χ4n) is 3.97. The molecule has 2 atom stereocenters. The summed E-state index contributed by atoms with van der Waals surface area (Å²) in [6.45, 7) is 1.48. The van der Waals surface area contributed by atoms with E-state index >= 15 is 0 Å². The van der Waals surface area contributed by atoms with Crippen molar-refractivity contribution in [3.8, 4) is 5.75 Å². The molecule has 1 aliphatic heterocycles. The summed E-state index contributed by atoms with van der Waals surface area (Å²) in [4.78, 5) is 27.4. The molecule has 0 spiro atoms. The third-order valence-corrected chi connectivity index (χ3v) is 5.80. The number of hydrogen-bond acceptors (Lipinski definition) is 7. The predicted molar refractivity (Wildman–Crippen MR) is 117 cm³/mol. The number of nitrogens with zero attached hydrogens (tertiary/aromatic N) is 3. The molecule has 0 unspecified atom stereocenters. The second-order valence-electron chi connectivity index (χ2n) is 7.98. The molecule has 9 heteroatoms. The van der Waals surface area contributed by atoms with E-state index in [1.807, 2.05) is 12.1 Å². The number of fused-ring (bicyclic) bond motifs is 1. The van der Waals surface area contributed by atoms with Crippen molar-refractivity contribution in [3.63, 3.8) is 0 Å². The third kappa shape index (κ3) is 4.90. The molecule has 1 saturated heterocycles. The van der Waals surface area contributed by atoms with Gasteiger partial charge in [-0.1, -0.05) is 12.1 Å². The van der Waals surface area contributed by atoms with Crippen molar-refractivity contribution in [1.82, 2.24) is 9.80 Å². The topological polar surface area (TPSA) is 109 Å². The Labute approximate surface area is 184 Å². The van der Waals surface area contributed by atoms with Crippen LogP contribution in [0, 0.1) is 10.1 Å². The number of carbonyl (C=O) groups is 1. The summed E-state index contributed by atoms with van der Waals surface area (Å²) in [5, 5.41) is 22.1. The van der Waals surface area contributed by atoms with E-state index in [2.05, 4.69) is 4.90 Å². The van der Waals surface area contributed by atoms with Crippen LogP contribution in [0.4, 0.5) is 5.69 Å². The van der Waals surface area contributed by atoms with E-state index < -0.39 is 17.1 Å². The number of nitro benzene ring substituents is 1. The fraction of sp³-hybridized carbons (Fsp3) is 0.348. The average Bonchev–Trinajstić information content (AvgIpc) is 3.43. The van der Waals surface area contributed by atoms with E-state index in [-0.39, 0.29) is 18.2 Å². The monoisotopic (exact) mass is 439 g/mol. The van der Waals surface area contributed by atoms with Gasteiger partial charge in [0, 0.05) is 50.3 Å². The molecule has 0 bridgehead atoms. The van der Waals surface area contributed by atoms with Gasteiger partial charge in [-0.2, -0.15) is 0 Å². The van der Waals surface area contributed by atoms with Crippen LogP contribution in [0.15, 0.2) is 59.2 Å². The second-order valence-corrected chi connectivity index (χ2v) is 7.98. The van der Waals surface area contributed by atoms with Gasteiger partial charge in [0.25, 0.3) is 11.6 Å². The Bertz CT molecular complexity index is 1110. The van der Waals surface area contributed by atoms with Crippen LogP contribution in [0.1, 0.15) is 18.0 Å². The zero-order chi connectivity index (χ0) is 22.7.